The van der Waals surface area contributed by atoms with Crippen LogP contribution < -0.4 is 0 Å². The summed E-state index contributed by atoms with van der Waals surface area (Å²) in [6.07, 6.45) is 2.62. The van der Waals surface area contributed by atoms with Crippen molar-refractivity contribution in [1.82, 2.24) is 0 Å². The largest absolute Gasteiger partial charge is 0.379 e. The Kier molecular flexibility index (Phi) is 4.04. The Balaban J connectivity index is 3.69. The molecule has 0 rings (SSSR count). The fourth-order valence-electron chi connectivity index (χ4n) is 0.628. The Morgan fingerprint density at radius 1 is 1.64 bits per heavy atom. The molecule has 0 N–H and O–H groups in total. The van der Waals surface area contributed by atoms with Crippen LogP contribution in [0, 0.1) is 0 Å². The van der Waals surface area contributed by atoms with E-state index in [4.69, 9.17) is 4.74 Å². The van der Waals surface area contributed by atoms with Crippen LogP contribution >= 0.6 is 0 Å². The highest BCUT2D eigenvalue weighted by Crippen LogP contribution is 2.15. The molecule has 0 aromatic carbocycles. The fraction of sp³-hybridized carbons (Fsp3) is 0.667. The first kappa shape index (κ1) is 10.4. The number of allylic oxidation sites excluding steroid dienone is 1. The zero-order valence-corrected chi connectivity index (χ0v) is 7.52. The van der Waals surface area contributed by atoms with Gasteiger partial charge in [0.25, 0.3) is 0 Å². The molecule has 0 aliphatic rings. The molecule has 0 amide bonds. The minimum Gasteiger partial charge on any atom is -0.379 e. The molecular formula is C9H16O2. The van der Waals surface area contributed by atoms with E-state index in [0.29, 0.717) is 6.42 Å². The van der Waals surface area contributed by atoms with Crippen LogP contribution in [0.1, 0.15) is 26.7 Å². The second-order valence-corrected chi connectivity index (χ2v) is 3.13. The zero-order chi connectivity index (χ0) is 8.91. The maximum absolute atomic E-state index is 10.8. The molecule has 0 fully saturated rings. The van der Waals surface area contributed by atoms with E-state index in [1.54, 1.807) is 7.11 Å². The molecule has 0 heterocycles. The molecule has 0 aromatic rings. The highest BCUT2D eigenvalue weighted by atomic mass is 16.5. The van der Waals surface area contributed by atoms with E-state index in [0.717, 1.165) is 6.42 Å². The van der Waals surface area contributed by atoms with Gasteiger partial charge in [-0.25, -0.2) is 0 Å². The molecule has 2 nitrogen and oxygen atoms in total. The number of carbonyl (C=O) groups excluding carboxylic acids is 1. The smallest absolute Gasteiger partial charge is 0.155 e. The van der Waals surface area contributed by atoms with E-state index in [1.807, 2.05) is 13.8 Å². The lowest BCUT2D eigenvalue weighted by atomic mass is 10.0. The molecule has 0 saturated carbocycles. The van der Waals surface area contributed by atoms with E-state index in [2.05, 4.69) is 6.58 Å². The highest BCUT2D eigenvalue weighted by Gasteiger charge is 2.16. The monoisotopic (exact) mass is 156 g/mol. The maximum atomic E-state index is 10.8. The number of hydrogen-bond acceptors (Lipinski definition) is 2. The summed E-state index contributed by atoms with van der Waals surface area (Å²) in [4.78, 5) is 10.8. The van der Waals surface area contributed by atoms with Crippen LogP contribution in [0.25, 0.3) is 0 Å². The van der Waals surface area contributed by atoms with Gasteiger partial charge in [-0.05, 0) is 26.3 Å². The number of ether oxygens (including phenoxy) is 1. The minimum atomic E-state index is -0.196. The Bertz CT molecular complexity index is 148. The molecule has 0 radical (unpaired) electrons. The molecular weight excluding hydrogens is 140 g/mol. The molecule has 0 spiro atoms. The SMILES string of the molecule is C=CC(=O)CCC(C)(C)OC. The van der Waals surface area contributed by atoms with E-state index in [1.165, 1.54) is 6.08 Å². The van der Waals surface area contributed by atoms with Crippen LogP contribution in [-0.2, 0) is 9.53 Å². The maximum Gasteiger partial charge on any atom is 0.155 e. The fourth-order valence-corrected chi connectivity index (χ4v) is 0.628. The molecule has 0 aliphatic heterocycles. The molecule has 0 unspecified atom stereocenters. The van der Waals surface area contributed by atoms with Crippen LogP contribution in [0.4, 0.5) is 0 Å². The summed E-state index contributed by atoms with van der Waals surface area (Å²) in [7, 11) is 1.65. The minimum absolute atomic E-state index is 0.0788. The van der Waals surface area contributed by atoms with Crippen molar-refractivity contribution in [2.45, 2.75) is 32.3 Å². The van der Waals surface area contributed by atoms with Gasteiger partial charge in [-0.2, -0.15) is 0 Å². The Morgan fingerprint density at radius 3 is 2.55 bits per heavy atom. The molecule has 0 aromatic heterocycles. The summed E-state index contributed by atoms with van der Waals surface area (Å²) < 4.78 is 5.15. The van der Waals surface area contributed by atoms with Gasteiger partial charge in [0.05, 0.1) is 5.60 Å². The summed E-state index contributed by atoms with van der Waals surface area (Å²) in [6, 6.07) is 0. The molecule has 11 heavy (non-hydrogen) atoms. The average molecular weight is 156 g/mol. The van der Waals surface area contributed by atoms with Gasteiger partial charge in [-0.1, -0.05) is 6.58 Å². The van der Waals surface area contributed by atoms with E-state index in [-0.39, 0.29) is 11.4 Å². The second kappa shape index (κ2) is 4.29. The van der Waals surface area contributed by atoms with Gasteiger partial charge in [0.2, 0.25) is 0 Å². The molecule has 0 saturated heterocycles. The second-order valence-electron chi connectivity index (χ2n) is 3.13. The summed E-state index contributed by atoms with van der Waals surface area (Å²) in [5.74, 6) is 0.0788. The first-order chi connectivity index (χ1) is 5.02. The van der Waals surface area contributed by atoms with Gasteiger partial charge in [0.1, 0.15) is 0 Å². The van der Waals surface area contributed by atoms with Gasteiger partial charge >= 0.3 is 0 Å². The predicted molar refractivity (Wildman–Crippen MR) is 45.5 cm³/mol. The van der Waals surface area contributed by atoms with Gasteiger partial charge in [0, 0.05) is 13.5 Å². The van der Waals surface area contributed by atoms with Crippen molar-refractivity contribution in [2.75, 3.05) is 7.11 Å². The van der Waals surface area contributed by atoms with Crippen molar-refractivity contribution < 1.29 is 9.53 Å². The number of rotatable bonds is 5. The molecule has 64 valence electrons. The first-order valence-electron chi connectivity index (χ1n) is 3.72. The van der Waals surface area contributed by atoms with Crippen LogP contribution in [0.2, 0.25) is 0 Å². The number of carbonyl (C=O) groups is 1. The lowest BCUT2D eigenvalue weighted by Gasteiger charge is -2.21. The summed E-state index contributed by atoms with van der Waals surface area (Å²) in [5, 5.41) is 0. The third-order valence-corrected chi connectivity index (χ3v) is 1.75. The van der Waals surface area contributed by atoms with Gasteiger partial charge in [-0.15, -0.1) is 0 Å². The highest BCUT2D eigenvalue weighted by molar-refractivity contribution is 5.88. The molecule has 2 heteroatoms. The number of hydrogen-bond donors (Lipinski definition) is 0. The van der Waals surface area contributed by atoms with Crippen molar-refractivity contribution in [3.63, 3.8) is 0 Å². The van der Waals surface area contributed by atoms with Gasteiger partial charge in [0.15, 0.2) is 5.78 Å². The number of methoxy groups -OCH3 is 1. The first-order valence-corrected chi connectivity index (χ1v) is 3.72. The zero-order valence-electron chi connectivity index (χ0n) is 7.52. The summed E-state index contributed by atoms with van der Waals surface area (Å²) in [5.41, 5.74) is -0.196. The van der Waals surface area contributed by atoms with E-state index < -0.39 is 0 Å². The molecule has 0 aliphatic carbocycles. The van der Waals surface area contributed by atoms with Gasteiger partial charge in [-0.3, -0.25) is 4.79 Å². The third-order valence-electron chi connectivity index (χ3n) is 1.75. The third kappa shape index (κ3) is 4.73. The van der Waals surface area contributed by atoms with Crippen molar-refractivity contribution >= 4 is 5.78 Å². The molecule has 0 bridgehead atoms. The van der Waals surface area contributed by atoms with Crippen LogP contribution in [0.3, 0.4) is 0 Å². The topological polar surface area (TPSA) is 26.3 Å². The van der Waals surface area contributed by atoms with Crippen molar-refractivity contribution in [2.24, 2.45) is 0 Å². The van der Waals surface area contributed by atoms with Gasteiger partial charge < -0.3 is 4.74 Å². The lowest BCUT2D eigenvalue weighted by molar-refractivity contribution is -0.115. The Hall–Kier alpha value is -0.630. The van der Waals surface area contributed by atoms with Crippen molar-refractivity contribution in [3.8, 4) is 0 Å². The quantitative estimate of drug-likeness (QED) is 0.569. The predicted octanol–water partition coefficient (Wildman–Crippen LogP) is 1.95. The Morgan fingerprint density at radius 2 is 2.18 bits per heavy atom. The van der Waals surface area contributed by atoms with E-state index in [9.17, 15) is 4.79 Å². The number of ketones is 1. The van der Waals surface area contributed by atoms with Crippen LogP contribution in [0.5, 0.6) is 0 Å². The standard InChI is InChI=1S/C9H16O2/c1-5-8(10)6-7-9(2,3)11-4/h5H,1,6-7H2,2-4H3. The molecule has 0 atom stereocenters. The average Bonchev–Trinajstić information content (AvgIpc) is 2.00. The lowest BCUT2D eigenvalue weighted by Crippen LogP contribution is -2.23. The van der Waals surface area contributed by atoms with Crippen molar-refractivity contribution in [3.05, 3.63) is 12.7 Å². The normalized spacial score (nSPS) is 11.2. The van der Waals surface area contributed by atoms with E-state index >= 15 is 0 Å². The van der Waals surface area contributed by atoms with Crippen LogP contribution in [-0.4, -0.2) is 18.5 Å². The summed E-state index contributed by atoms with van der Waals surface area (Å²) >= 11 is 0. The van der Waals surface area contributed by atoms with Crippen LogP contribution in [0.15, 0.2) is 12.7 Å². The summed E-state index contributed by atoms with van der Waals surface area (Å²) in [6.45, 7) is 7.32. The van der Waals surface area contributed by atoms with Crippen molar-refractivity contribution in [1.29, 1.82) is 0 Å². The Labute approximate surface area is 68.2 Å².